The molecule has 2 atom stereocenters. The van der Waals surface area contributed by atoms with Crippen molar-refractivity contribution in [3.8, 4) is 11.5 Å². The van der Waals surface area contributed by atoms with Crippen molar-refractivity contribution in [3.05, 3.63) is 54.6 Å². The van der Waals surface area contributed by atoms with Crippen LogP contribution in [0.5, 0.6) is 11.5 Å². The van der Waals surface area contributed by atoms with Gasteiger partial charge in [0.15, 0.2) is 11.5 Å². The summed E-state index contributed by atoms with van der Waals surface area (Å²) in [5.41, 5.74) is 0.661. The van der Waals surface area contributed by atoms with Gasteiger partial charge in [0, 0.05) is 5.69 Å². The lowest BCUT2D eigenvalue weighted by atomic mass is 10.0. The Morgan fingerprint density at radius 3 is 2.43 bits per heavy atom. The molecule has 148 valence electrons. The predicted molar refractivity (Wildman–Crippen MR) is 107 cm³/mol. The third kappa shape index (κ3) is 5.16. The standard InChI is InChI=1S/C21H25N3O4/c1-14(2)19(24-21(26)23-15-8-4-3-5-9-15)20(25)22-12-16-13-27-17-10-6-7-11-18(17)28-16/h3-11,14,16,19H,12-13H2,1-2H3,(H,22,25)(H2,23,24,26). The fourth-order valence-corrected chi connectivity index (χ4v) is 2.85. The summed E-state index contributed by atoms with van der Waals surface area (Å²) in [5.74, 6) is 1.02. The number of ether oxygens (including phenoxy) is 2. The van der Waals surface area contributed by atoms with E-state index in [-0.39, 0.29) is 17.9 Å². The molecule has 0 saturated heterocycles. The molecule has 0 bridgehead atoms. The minimum atomic E-state index is -0.666. The zero-order valence-corrected chi connectivity index (χ0v) is 16.0. The number of hydrogen-bond acceptors (Lipinski definition) is 4. The molecular formula is C21H25N3O4. The van der Waals surface area contributed by atoms with Crippen LogP contribution in [0, 0.1) is 5.92 Å². The number of carbonyl (C=O) groups is 2. The SMILES string of the molecule is CC(C)C(NC(=O)Nc1ccccc1)C(=O)NCC1COc2ccccc2O1. The molecule has 0 aliphatic carbocycles. The zero-order chi connectivity index (χ0) is 19.9. The van der Waals surface area contributed by atoms with Gasteiger partial charge < -0.3 is 25.4 Å². The number of fused-ring (bicyclic) bond motifs is 1. The van der Waals surface area contributed by atoms with Crippen molar-refractivity contribution in [2.75, 3.05) is 18.5 Å². The summed E-state index contributed by atoms with van der Waals surface area (Å²) in [7, 11) is 0. The molecule has 3 rings (SSSR count). The van der Waals surface area contributed by atoms with E-state index in [1.54, 1.807) is 12.1 Å². The van der Waals surface area contributed by atoms with Gasteiger partial charge in [0.25, 0.3) is 0 Å². The average molecular weight is 383 g/mol. The van der Waals surface area contributed by atoms with Gasteiger partial charge in [0.1, 0.15) is 18.8 Å². The lowest BCUT2D eigenvalue weighted by Crippen LogP contribution is -2.53. The van der Waals surface area contributed by atoms with Gasteiger partial charge in [-0.15, -0.1) is 0 Å². The molecule has 7 nitrogen and oxygen atoms in total. The van der Waals surface area contributed by atoms with Gasteiger partial charge in [-0.1, -0.05) is 44.2 Å². The molecule has 7 heteroatoms. The van der Waals surface area contributed by atoms with E-state index in [0.717, 1.165) is 0 Å². The second kappa shape index (κ2) is 9.12. The Morgan fingerprint density at radius 1 is 1.04 bits per heavy atom. The highest BCUT2D eigenvalue weighted by molar-refractivity contribution is 5.93. The maximum Gasteiger partial charge on any atom is 0.319 e. The topological polar surface area (TPSA) is 88.7 Å². The quantitative estimate of drug-likeness (QED) is 0.716. The first-order valence-electron chi connectivity index (χ1n) is 9.31. The van der Waals surface area contributed by atoms with E-state index in [0.29, 0.717) is 30.3 Å². The first-order chi connectivity index (χ1) is 13.5. The molecule has 1 aliphatic heterocycles. The molecule has 1 aliphatic rings. The van der Waals surface area contributed by atoms with Crippen LogP contribution in [0.1, 0.15) is 13.8 Å². The van der Waals surface area contributed by atoms with Crippen molar-refractivity contribution >= 4 is 17.6 Å². The van der Waals surface area contributed by atoms with Crippen LogP contribution >= 0.6 is 0 Å². The third-order valence-corrected chi connectivity index (χ3v) is 4.34. The molecule has 3 amide bonds. The second-order valence-corrected chi connectivity index (χ2v) is 6.93. The van der Waals surface area contributed by atoms with Gasteiger partial charge in [-0.05, 0) is 30.2 Å². The Hall–Kier alpha value is -3.22. The van der Waals surface area contributed by atoms with Crippen molar-refractivity contribution in [2.24, 2.45) is 5.92 Å². The summed E-state index contributed by atoms with van der Waals surface area (Å²) in [4.78, 5) is 24.8. The number of rotatable bonds is 6. The number of hydrogen-bond donors (Lipinski definition) is 3. The molecule has 2 unspecified atom stereocenters. The number of anilines is 1. The van der Waals surface area contributed by atoms with Crippen molar-refractivity contribution in [1.29, 1.82) is 0 Å². The molecule has 1 heterocycles. The van der Waals surface area contributed by atoms with Crippen LogP contribution in [-0.2, 0) is 4.79 Å². The molecule has 0 spiro atoms. The van der Waals surface area contributed by atoms with E-state index >= 15 is 0 Å². The summed E-state index contributed by atoms with van der Waals surface area (Å²) in [5, 5.41) is 8.31. The largest absolute Gasteiger partial charge is 0.486 e. The van der Waals surface area contributed by atoms with E-state index in [2.05, 4.69) is 16.0 Å². The zero-order valence-electron chi connectivity index (χ0n) is 16.0. The Balaban J connectivity index is 1.51. The minimum absolute atomic E-state index is 0.0780. The van der Waals surface area contributed by atoms with Gasteiger partial charge in [0.05, 0.1) is 6.54 Å². The fourth-order valence-electron chi connectivity index (χ4n) is 2.85. The van der Waals surface area contributed by atoms with Gasteiger partial charge in [0.2, 0.25) is 5.91 Å². The molecule has 0 fully saturated rings. The van der Waals surface area contributed by atoms with Crippen LogP contribution in [0.4, 0.5) is 10.5 Å². The number of amides is 3. The van der Waals surface area contributed by atoms with Crippen molar-refractivity contribution in [2.45, 2.75) is 26.0 Å². The second-order valence-electron chi connectivity index (χ2n) is 6.93. The summed E-state index contributed by atoms with van der Waals surface area (Å²) in [6, 6.07) is 15.4. The predicted octanol–water partition coefficient (Wildman–Crippen LogP) is 2.79. The third-order valence-electron chi connectivity index (χ3n) is 4.34. The molecule has 0 aromatic heterocycles. The highest BCUT2D eigenvalue weighted by atomic mass is 16.6. The van der Waals surface area contributed by atoms with Crippen LogP contribution < -0.4 is 25.4 Å². The normalized spacial score (nSPS) is 16.2. The van der Waals surface area contributed by atoms with Gasteiger partial charge >= 0.3 is 6.03 Å². The Bertz CT molecular complexity index is 810. The molecule has 0 saturated carbocycles. The molecule has 0 radical (unpaired) electrons. The Kier molecular flexibility index (Phi) is 6.37. The fraction of sp³-hybridized carbons (Fsp3) is 0.333. The first-order valence-corrected chi connectivity index (χ1v) is 9.31. The molecule has 2 aromatic rings. The van der Waals surface area contributed by atoms with E-state index in [4.69, 9.17) is 9.47 Å². The summed E-state index contributed by atoms with van der Waals surface area (Å²) >= 11 is 0. The smallest absolute Gasteiger partial charge is 0.319 e. The van der Waals surface area contributed by atoms with E-state index in [1.165, 1.54) is 0 Å². The van der Waals surface area contributed by atoms with Crippen LogP contribution in [0.3, 0.4) is 0 Å². The first kappa shape index (κ1) is 19.5. The summed E-state index contributed by atoms with van der Waals surface area (Å²) in [6.45, 7) is 4.40. The summed E-state index contributed by atoms with van der Waals surface area (Å²) in [6.07, 6.45) is -0.287. The van der Waals surface area contributed by atoms with Crippen LogP contribution in [0.25, 0.3) is 0 Å². The molecular weight excluding hydrogens is 358 g/mol. The maximum atomic E-state index is 12.6. The van der Waals surface area contributed by atoms with Crippen molar-refractivity contribution < 1.29 is 19.1 Å². The van der Waals surface area contributed by atoms with Crippen LogP contribution in [-0.4, -0.2) is 37.2 Å². The molecule has 3 N–H and O–H groups in total. The number of para-hydroxylation sites is 3. The molecule has 2 aromatic carbocycles. The van der Waals surface area contributed by atoms with E-state index in [9.17, 15) is 9.59 Å². The van der Waals surface area contributed by atoms with Crippen molar-refractivity contribution in [1.82, 2.24) is 10.6 Å². The number of urea groups is 1. The van der Waals surface area contributed by atoms with Gasteiger partial charge in [-0.2, -0.15) is 0 Å². The van der Waals surface area contributed by atoms with E-state index < -0.39 is 12.1 Å². The lowest BCUT2D eigenvalue weighted by molar-refractivity contribution is -0.124. The minimum Gasteiger partial charge on any atom is -0.486 e. The lowest BCUT2D eigenvalue weighted by Gasteiger charge is -2.28. The highest BCUT2D eigenvalue weighted by Gasteiger charge is 2.26. The van der Waals surface area contributed by atoms with Gasteiger partial charge in [-0.3, -0.25) is 4.79 Å². The van der Waals surface area contributed by atoms with Gasteiger partial charge in [-0.25, -0.2) is 4.79 Å². The molecule has 28 heavy (non-hydrogen) atoms. The van der Waals surface area contributed by atoms with Crippen molar-refractivity contribution in [3.63, 3.8) is 0 Å². The number of nitrogens with one attached hydrogen (secondary N) is 3. The van der Waals surface area contributed by atoms with Crippen LogP contribution in [0.15, 0.2) is 54.6 Å². The highest BCUT2D eigenvalue weighted by Crippen LogP contribution is 2.30. The Labute approximate surface area is 164 Å². The monoisotopic (exact) mass is 383 g/mol. The number of carbonyl (C=O) groups excluding carboxylic acids is 2. The average Bonchev–Trinajstić information content (AvgIpc) is 2.70. The number of benzene rings is 2. The van der Waals surface area contributed by atoms with Crippen LogP contribution in [0.2, 0.25) is 0 Å². The summed E-state index contributed by atoms with van der Waals surface area (Å²) < 4.78 is 11.5. The Morgan fingerprint density at radius 2 is 1.71 bits per heavy atom. The van der Waals surface area contributed by atoms with E-state index in [1.807, 2.05) is 56.3 Å². The maximum absolute atomic E-state index is 12.6.